The molecule has 0 radical (unpaired) electrons. The average Bonchev–Trinajstić information content (AvgIpc) is 3.53. The Bertz CT molecular complexity index is 797. The van der Waals surface area contributed by atoms with Gasteiger partial charge in [-0.2, -0.15) is 0 Å². The molecule has 0 spiro atoms. The van der Waals surface area contributed by atoms with Gasteiger partial charge in [-0.05, 0) is 74.1 Å². The highest BCUT2D eigenvalue weighted by Gasteiger charge is 2.39. The van der Waals surface area contributed by atoms with Gasteiger partial charge in [-0.1, -0.05) is 42.5 Å². The van der Waals surface area contributed by atoms with Crippen LogP contribution in [0.1, 0.15) is 62.0 Å². The molecule has 0 aliphatic heterocycles. The molecule has 0 amide bonds. The Labute approximate surface area is 179 Å². The van der Waals surface area contributed by atoms with Crippen molar-refractivity contribution in [3.05, 3.63) is 65.7 Å². The van der Waals surface area contributed by atoms with Crippen LogP contribution >= 0.6 is 0 Å². The van der Waals surface area contributed by atoms with Crippen LogP contribution in [-0.2, 0) is 11.2 Å². The Kier molecular flexibility index (Phi) is 7.06. The van der Waals surface area contributed by atoms with E-state index in [9.17, 15) is 4.79 Å². The van der Waals surface area contributed by atoms with Crippen LogP contribution in [0, 0.1) is 5.92 Å². The van der Waals surface area contributed by atoms with E-state index in [1.807, 2.05) is 24.3 Å². The fraction of sp³-hybridized carbons (Fsp3) is 0.500. The summed E-state index contributed by atoms with van der Waals surface area (Å²) in [6, 6.07) is 19.7. The quantitative estimate of drug-likeness (QED) is 0.533. The highest BCUT2D eigenvalue weighted by Crippen LogP contribution is 2.42. The number of ether oxygens (including phenoxy) is 1. The third-order valence-electron chi connectivity index (χ3n) is 6.62. The third-order valence-corrected chi connectivity index (χ3v) is 6.62. The van der Waals surface area contributed by atoms with Crippen molar-refractivity contribution in [3.63, 3.8) is 0 Å². The highest BCUT2D eigenvalue weighted by atomic mass is 16.5. The number of nitrogens with one attached hydrogen (secondary N) is 1. The van der Waals surface area contributed by atoms with Crippen LogP contribution < -0.4 is 10.1 Å². The van der Waals surface area contributed by atoms with Gasteiger partial charge in [-0.3, -0.25) is 4.79 Å². The number of rotatable bonds is 10. The molecule has 4 rings (SSSR count). The van der Waals surface area contributed by atoms with E-state index in [0.717, 1.165) is 36.2 Å². The Hall–Kier alpha value is -2.33. The van der Waals surface area contributed by atoms with Gasteiger partial charge in [0.05, 0.1) is 13.0 Å². The van der Waals surface area contributed by atoms with Gasteiger partial charge in [0.25, 0.3) is 0 Å². The van der Waals surface area contributed by atoms with E-state index in [1.54, 1.807) is 0 Å². The predicted octanol–water partition coefficient (Wildman–Crippen LogP) is 5.18. The van der Waals surface area contributed by atoms with E-state index >= 15 is 0 Å². The molecule has 0 bridgehead atoms. The SMILES string of the molecule is O=C(O)Cc1ccc(OCCCC2CCC(N[C@@H]3C[C@H]3c3ccccc3)CC2)cc1. The molecule has 0 aromatic heterocycles. The van der Waals surface area contributed by atoms with E-state index in [2.05, 4.69) is 35.6 Å². The number of benzene rings is 2. The molecular weight excluding hydrogens is 374 g/mol. The van der Waals surface area contributed by atoms with E-state index < -0.39 is 5.97 Å². The Morgan fingerprint density at radius 2 is 1.73 bits per heavy atom. The van der Waals surface area contributed by atoms with Crippen molar-refractivity contribution in [2.45, 2.75) is 69.4 Å². The smallest absolute Gasteiger partial charge is 0.307 e. The number of hydrogen-bond acceptors (Lipinski definition) is 3. The van der Waals surface area contributed by atoms with Crippen molar-refractivity contribution >= 4 is 5.97 Å². The monoisotopic (exact) mass is 407 g/mol. The summed E-state index contributed by atoms with van der Waals surface area (Å²) >= 11 is 0. The maximum atomic E-state index is 10.7. The van der Waals surface area contributed by atoms with Gasteiger partial charge in [0.15, 0.2) is 0 Å². The van der Waals surface area contributed by atoms with Gasteiger partial charge in [0.2, 0.25) is 0 Å². The molecule has 2 atom stereocenters. The standard InChI is InChI=1S/C26H33NO3/c28-26(29)17-20-10-14-23(15-11-20)30-16-4-5-19-8-12-22(13-9-19)27-25-18-24(25)21-6-2-1-3-7-21/h1-3,6-7,10-11,14-15,19,22,24-25,27H,4-5,8-9,12-13,16-18H2,(H,28,29)/t19?,22?,24-,25+/m0/s1. The van der Waals surface area contributed by atoms with Gasteiger partial charge < -0.3 is 15.2 Å². The van der Waals surface area contributed by atoms with Crippen molar-refractivity contribution in [1.82, 2.24) is 5.32 Å². The second kappa shape index (κ2) is 10.1. The van der Waals surface area contributed by atoms with Crippen molar-refractivity contribution in [1.29, 1.82) is 0 Å². The Morgan fingerprint density at radius 3 is 2.43 bits per heavy atom. The van der Waals surface area contributed by atoms with E-state index in [-0.39, 0.29) is 6.42 Å². The molecular formula is C26H33NO3. The molecule has 0 saturated heterocycles. The first-order valence-corrected chi connectivity index (χ1v) is 11.4. The molecule has 2 aliphatic rings. The molecule has 2 N–H and O–H groups in total. The summed E-state index contributed by atoms with van der Waals surface area (Å²) in [7, 11) is 0. The van der Waals surface area contributed by atoms with Crippen molar-refractivity contribution < 1.29 is 14.6 Å². The van der Waals surface area contributed by atoms with Crippen LogP contribution in [0.25, 0.3) is 0 Å². The molecule has 160 valence electrons. The lowest BCUT2D eigenvalue weighted by molar-refractivity contribution is -0.136. The van der Waals surface area contributed by atoms with Crippen LogP contribution in [0.2, 0.25) is 0 Å². The van der Waals surface area contributed by atoms with Gasteiger partial charge in [0, 0.05) is 18.0 Å². The van der Waals surface area contributed by atoms with E-state index in [1.165, 1.54) is 44.1 Å². The highest BCUT2D eigenvalue weighted by molar-refractivity contribution is 5.70. The molecule has 30 heavy (non-hydrogen) atoms. The molecule has 4 nitrogen and oxygen atoms in total. The first kappa shape index (κ1) is 20.9. The second-order valence-corrected chi connectivity index (χ2v) is 8.95. The normalized spacial score (nSPS) is 25.6. The third kappa shape index (κ3) is 6.09. The zero-order valence-corrected chi connectivity index (χ0v) is 17.6. The molecule has 2 aromatic rings. The lowest BCUT2D eigenvalue weighted by atomic mass is 9.83. The average molecular weight is 408 g/mol. The fourth-order valence-corrected chi connectivity index (χ4v) is 4.81. The minimum atomic E-state index is -0.804. The summed E-state index contributed by atoms with van der Waals surface area (Å²) in [6.07, 6.45) is 8.92. The van der Waals surface area contributed by atoms with Crippen molar-refractivity contribution in [3.8, 4) is 5.75 Å². The first-order valence-electron chi connectivity index (χ1n) is 11.4. The predicted molar refractivity (Wildman–Crippen MR) is 119 cm³/mol. The lowest BCUT2D eigenvalue weighted by Gasteiger charge is -2.29. The van der Waals surface area contributed by atoms with Crippen LogP contribution in [0.5, 0.6) is 5.75 Å². The van der Waals surface area contributed by atoms with Crippen LogP contribution in [0.15, 0.2) is 54.6 Å². The fourth-order valence-electron chi connectivity index (χ4n) is 4.81. The van der Waals surface area contributed by atoms with Gasteiger partial charge >= 0.3 is 5.97 Å². The maximum absolute atomic E-state index is 10.7. The van der Waals surface area contributed by atoms with Crippen molar-refractivity contribution in [2.24, 2.45) is 5.92 Å². The zero-order chi connectivity index (χ0) is 20.8. The van der Waals surface area contributed by atoms with Crippen LogP contribution in [0.4, 0.5) is 0 Å². The van der Waals surface area contributed by atoms with Crippen molar-refractivity contribution in [2.75, 3.05) is 6.61 Å². The number of carboxylic acid groups (broad SMARTS) is 1. The molecule has 2 aromatic carbocycles. The molecule has 2 aliphatic carbocycles. The zero-order valence-electron chi connectivity index (χ0n) is 17.6. The number of aliphatic carboxylic acids is 1. The summed E-state index contributed by atoms with van der Waals surface area (Å²) in [5.74, 6) is 1.57. The summed E-state index contributed by atoms with van der Waals surface area (Å²) in [5, 5.41) is 12.7. The molecule has 2 saturated carbocycles. The van der Waals surface area contributed by atoms with Gasteiger partial charge in [-0.15, -0.1) is 0 Å². The van der Waals surface area contributed by atoms with Gasteiger partial charge in [-0.25, -0.2) is 0 Å². The Morgan fingerprint density at radius 1 is 1.00 bits per heavy atom. The molecule has 0 heterocycles. The summed E-state index contributed by atoms with van der Waals surface area (Å²) in [4.78, 5) is 10.7. The lowest BCUT2D eigenvalue weighted by Crippen LogP contribution is -2.35. The summed E-state index contributed by atoms with van der Waals surface area (Å²) in [5.41, 5.74) is 2.29. The van der Waals surface area contributed by atoms with E-state index in [4.69, 9.17) is 9.84 Å². The minimum Gasteiger partial charge on any atom is -0.494 e. The molecule has 4 heteroatoms. The van der Waals surface area contributed by atoms with Gasteiger partial charge in [0.1, 0.15) is 5.75 Å². The maximum Gasteiger partial charge on any atom is 0.307 e. The minimum absolute atomic E-state index is 0.0610. The summed E-state index contributed by atoms with van der Waals surface area (Å²) in [6.45, 7) is 0.733. The first-order chi connectivity index (χ1) is 14.7. The topological polar surface area (TPSA) is 58.6 Å². The number of carbonyl (C=O) groups is 1. The number of carboxylic acids is 1. The largest absolute Gasteiger partial charge is 0.494 e. The van der Waals surface area contributed by atoms with Crippen LogP contribution in [-0.4, -0.2) is 29.8 Å². The second-order valence-electron chi connectivity index (χ2n) is 8.95. The molecule has 0 unspecified atom stereocenters. The number of hydrogen-bond donors (Lipinski definition) is 2. The summed E-state index contributed by atoms with van der Waals surface area (Å²) < 4.78 is 5.83. The Balaban J connectivity index is 1.08. The van der Waals surface area contributed by atoms with E-state index in [0.29, 0.717) is 12.1 Å². The van der Waals surface area contributed by atoms with Crippen LogP contribution in [0.3, 0.4) is 0 Å². The molecule has 2 fully saturated rings.